The maximum atomic E-state index is 12.8. The van der Waals surface area contributed by atoms with Gasteiger partial charge in [-0.15, -0.1) is 11.3 Å². The minimum absolute atomic E-state index is 0.179. The van der Waals surface area contributed by atoms with Crippen molar-refractivity contribution in [2.24, 2.45) is 0 Å². The Balaban J connectivity index is 1.41. The van der Waals surface area contributed by atoms with E-state index >= 15 is 0 Å². The van der Waals surface area contributed by atoms with Gasteiger partial charge in [-0.05, 0) is 43.3 Å². The minimum atomic E-state index is -0.296. The van der Waals surface area contributed by atoms with Crippen LogP contribution in [0.25, 0.3) is 10.2 Å². The first-order chi connectivity index (χ1) is 15.5. The number of carbonyl (C=O) groups is 2. The molecule has 1 heterocycles. The molecule has 0 saturated carbocycles. The molecule has 7 heteroatoms. The van der Waals surface area contributed by atoms with Crippen molar-refractivity contribution in [2.45, 2.75) is 13.0 Å². The van der Waals surface area contributed by atoms with Crippen molar-refractivity contribution in [3.8, 4) is 5.75 Å². The maximum Gasteiger partial charge on any atom is 0.260 e. The molecule has 6 nitrogen and oxygen atoms in total. The van der Waals surface area contributed by atoms with Crippen LogP contribution < -0.4 is 10.1 Å². The molecule has 1 N–H and O–H groups in total. The molecular weight excluding hydrogens is 422 g/mol. The van der Waals surface area contributed by atoms with E-state index in [9.17, 15) is 9.59 Å². The maximum absolute atomic E-state index is 12.8. The largest absolute Gasteiger partial charge is 0.483 e. The lowest BCUT2D eigenvalue weighted by molar-refractivity contribution is -0.134. The second-order valence-electron chi connectivity index (χ2n) is 7.31. The van der Waals surface area contributed by atoms with Crippen molar-refractivity contribution in [1.82, 2.24) is 9.88 Å². The molecule has 0 bridgehead atoms. The number of carbonyl (C=O) groups excluding carboxylic acids is 2. The summed E-state index contributed by atoms with van der Waals surface area (Å²) in [5.41, 5.74) is 1.98. The molecule has 0 saturated heterocycles. The average molecular weight is 446 g/mol. The SMILES string of the molecule is C[C@@H](c1nc2ccccc2s1)N(C)C(=O)COc1ccccc1C(=O)Nc1ccccc1. The number of likely N-dealkylation sites (N-methyl/N-ethyl adjacent to an activating group) is 1. The molecule has 0 unspecified atom stereocenters. The summed E-state index contributed by atoms with van der Waals surface area (Å²) >= 11 is 1.57. The number of aromatic nitrogens is 1. The van der Waals surface area contributed by atoms with E-state index in [1.807, 2.05) is 61.5 Å². The Morgan fingerprint density at radius 2 is 1.69 bits per heavy atom. The summed E-state index contributed by atoms with van der Waals surface area (Å²) in [6.07, 6.45) is 0. The van der Waals surface area contributed by atoms with Crippen LogP contribution in [-0.4, -0.2) is 35.4 Å². The van der Waals surface area contributed by atoms with Gasteiger partial charge in [-0.25, -0.2) is 4.98 Å². The topological polar surface area (TPSA) is 71.5 Å². The fraction of sp³-hybridized carbons (Fsp3) is 0.160. The number of anilines is 1. The van der Waals surface area contributed by atoms with Gasteiger partial charge in [0, 0.05) is 12.7 Å². The number of nitrogens with zero attached hydrogens (tertiary/aromatic N) is 2. The van der Waals surface area contributed by atoms with E-state index in [0.717, 1.165) is 15.2 Å². The highest BCUT2D eigenvalue weighted by molar-refractivity contribution is 7.18. The molecule has 0 aliphatic rings. The molecule has 1 atom stereocenters. The van der Waals surface area contributed by atoms with Crippen LogP contribution in [-0.2, 0) is 4.79 Å². The van der Waals surface area contributed by atoms with Gasteiger partial charge in [0.1, 0.15) is 10.8 Å². The summed E-state index contributed by atoms with van der Waals surface area (Å²) in [4.78, 5) is 31.8. The monoisotopic (exact) mass is 445 g/mol. The molecule has 0 spiro atoms. The number of para-hydroxylation sites is 3. The molecule has 4 rings (SSSR count). The van der Waals surface area contributed by atoms with Gasteiger partial charge in [-0.1, -0.05) is 42.5 Å². The van der Waals surface area contributed by atoms with E-state index in [2.05, 4.69) is 10.3 Å². The second-order valence-corrected chi connectivity index (χ2v) is 8.37. The normalized spacial score (nSPS) is 11.7. The van der Waals surface area contributed by atoms with Gasteiger partial charge in [-0.3, -0.25) is 9.59 Å². The van der Waals surface area contributed by atoms with E-state index < -0.39 is 0 Å². The summed E-state index contributed by atoms with van der Waals surface area (Å²) < 4.78 is 6.84. The lowest BCUT2D eigenvalue weighted by Crippen LogP contribution is -2.33. The number of ether oxygens (including phenoxy) is 1. The number of hydrogen-bond acceptors (Lipinski definition) is 5. The molecule has 0 radical (unpaired) electrons. The number of rotatable bonds is 7. The first kappa shape index (κ1) is 21.5. The van der Waals surface area contributed by atoms with Crippen molar-refractivity contribution >= 4 is 39.1 Å². The molecule has 0 fully saturated rings. The van der Waals surface area contributed by atoms with Crippen LogP contribution in [0.4, 0.5) is 5.69 Å². The summed E-state index contributed by atoms with van der Waals surface area (Å²) in [5, 5.41) is 3.71. The summed E-state index contributed by atoms with van der Waals surface area (Å²) in [6, 6.07) is 23.8. The van der Waals surface area contributed by atoms with Gasteiger partial charge in [0.05, 0.1) is 21.8 Å². The lowest BCUT2D eigenvalue weighted by atomic mass is 10.2. The molecule has 0 aliphatic heterocycles. The molecule has 32 heavy (non-hydrogen) atoms. The summed E-state index contributed by atoms with van der Waals surface area (Å²) in [7, 11) is 1.73. The third kappa shape index (κ3) is 4.78. The van der Waals surface area contributed by atoms with Gasteiger partial charge in [-0.2, -0.15) is 0 Å². The molecule has 4 aromatic rings. The van der Waals surface area contributed by atoms with Gasteiger partial charge in [0.15, 0.2) is 6.61 Å². The Labute approximate surface area is 190 Å². The van der Waals surface area contributed by atoms with Gasteiger partial charge >= 0.3 is 0 Å². The highest BCUT2D eigenvalue weighted by Gasteiger charge is 2.22. The molecule has 1 aromatic heterocycles. The molecule has 162 valence electrons. The minimum Gasteiger partial charge on any atom is -0.483 e. The Hall–Kier alpha value is -3.71. The molecule has 0 aliphatic carbocycles. The summed E-state index contributed by atoms with van der Waals surface area (Å²) in [6.45, 7) is 1.76. The van der Waals surface area contributed by atoms with E-state index in [-0.39, 0.29) is 24.5 Å². The van der Waals surface area contributed by atoms with Crippen LogP contribution in [0.2, 0.25) is 0 Å². The Kier molecular flexibility index (Phi) is 6.47. The quantitative estimate of drug-likeness (QED) is 0.427. The average Bonchev–Trinajstić information content (AvgIpc) is 3.26. The van der Waals surface area contributed by atoms with E-state index in [4.69, 9.17) is 4.74 Å². The number of benzene rings is 3. The van der Waals surface area contributed by atoms with Crippen LogP contribution in [0.15, 0.2) is 78.9 Å². The summed E-state index contributed by atoms with van der Waals surface area (Å²) in [5.74, 6) is -0.138. The first-order valence-corrected chi connectivity index (χ1v) is 11.0. The van der Waals surface area contributed by atoms with Crippen molar-refractivity contribution in [3.63, 3.8) is 0 Å². The predicted molar refractivity (Wildman–Crippen MR) is 127 cm³/mol. The van der Waals surface area contributed by atoms with Crippen molar-refractivity contribution in [3.05, 3.63) is 89.4 Å². The van der Waals surface area contributed by atoms with Gasteiger partial charge < -0.3 is 15.0 Å². The first-order valence-electron chi connectivity index (χ1n) is 10.2. The van der Waals surface area contributed by atoms with E-state index in [1.165, 1.54) is 0 Å². The highest BCUT2D eigenvalue weighted by atomic mass is 32.1. The smallest absolute Gasteiger partial charge is 0.260 e. The van der Waals surface area contributed by atoms with Gasteiger partial charge in [0.25, 0.3) is 11.8 Å². The van der Waals surface area contributed by atoms with Crippen molar-refractivity contribution in [2.75, 3.05) is 19.0 Å². The fourth-order valence-corrected chi connectivity index (χ4v) is 4.25. The lowest BCUT2D eigenvalue weighted by Gasteiger charge is -2.23. The van der Waals surface area contributed by atoms with Crippen LogP contribution in [0.1, 0.15) is 28.3 Å². The van der Waals surface area contributed by atoms with Crippen LogP contribution >= 0.6 is 11.3 Å². The molecule has 2 amide bonds. The number of amides is 2. The van der Waals surface area contributed by atoms with Gasteiger partial charge in [0.2, 0.25) is 0 Å². The van der Waals surface area contributed by atoms with Crippen LogP contribution in [0, 0.1) is 0 Å². The Morgan fingerprint density at radius 1 is 1.00 bits per heavy atom. The van der Waals surface area contributed by atoms with Crippen LogP contribution in [0.3, 0.4) is 0 Å². The zero-order chi connectivity index (χ0) is 22.5. The number of nitrogens with one attached hydrogen (secondary N) is 1. The van der Waals surface area contributed by atoms with E-state index in [0.29, 0.717) is 17.0 Å². The second kappa shape index (κ2) is 9.62. The Bertz CT molecular complexity index is 1210. The Morgan fingerprint density at radius 3 is 2.47 bits per heavy atom. The zero-order valence-electron chi connectivity index (χ0n) is 17.8. The fourth-order valence-electron chi connectivity index (χ4n) is 3.19. The number of thiazole rings is 1. The zero-order valence-corrected chi connectivity index (χ0v) is 18.6. The number of fused-ring (bicyclic) bond motifs is 1. The van der Waals surface area contributed by atoms with Crippen molar-refractivity contribution < 1.29 is 14.3 Å². The predicted octanol–water partition coefficient (Wildman–Crippen LogP) is 5.15. The molecular formula is C25H23N3O3S. The van der Waals surface area contributed by atoms with Crippen LogP contribution in [0.5, 0.6) is 5.75 Å². The third-order valence-corrected chi connectivity index (χ3v) is 6.36. The number of hydrogen-bond donors (Lipinski definition) is 1. The van der Waals surface area contributed by atoms with E-state index in [1.54, 1.807) is 47.5 Å². The van der Waals surface area contributed by atoms with Crippen molar-refractivity contribution in [1.29, 1.82) is 0 Å². The third-order valence-electron chi connectivity index (χ3n) is 5.16. The standard InChI is InChI=1S/C25H23N3O3S/c1-17(25-27-20-13-7-9-15-22(20)32-25)28(2)23(29)16-31-21-14-8-6-12-19(21)24(30)26-18-10-4-3-5-11-18/h3-15,17H,16H2,1-2H3,(H,26,30)/t17-/m0/s1. The molecule has 3 aromatic carbocycles. The highest BCUT2D eigenvalue weighted by Crippen LogP contribution is 2.29.